The molecule has 0 saturated carbocycles. The third-order valence-electron chi connectivity index (χ3n) is 6.05. The Morgan fingerprint density at radius 2 is 1.81 bits per heavy atom. The van der Waals surface area contributed by atoms with Crippen LogP contribution in [-0.4, -0.2) is 25.2 Å². The number of imidazole rings is 1. The fourth-order valence-electron chi connectivity index (χ4n) is 4.34. The number of benzene rings is 2. The van der Waals surface area contributed by atoms with Crippen LogP contribution >= 0.6 is 0 Å². The highest BCUT2D eigenvalue weighted by Gasteiger charge is 2.29. The standard InChI is InChI=1S/C25H25N5O2/c1-17-11-12-18(2)20(16-17)28-14-15-29-21-22(26-24(28)29)27(3)25(32)30(23(21)31)13-7-10-19-8-5-4-6-9-19/h4-12,16H,13-15H2,1-3H3/b10-7-. The molecule has 0 amide bonds. The first kappa shape index (κ1) is 20.1. The van der Waals surface area contributed by atoms with Crippen LogP contribution in [0.1, 0.15) is 16.7 Å². The zero-order chi connectivity index (χ0) is 22.4. The normalized spacial score (nSPS) is 13.4. The summed E-state index contributed by atoms with van der Waals surface area (Å²) in [5.41, 5.74) is 4.64. The second-order valence-corrected chi connectivity index (χ2v) is 8.25. The Balaban J connectivity index is 1.60. The van der Waals surface area contributed by atoms with Gasteiger partial charge in [0, 0.05) is 32.4 Å². The number of allylic oxidation sites excluding steroid dienone is 1. The molecule has 0 spiro atoms. The van der Waals surface area contributed by atoms with Gasteiger partial charge in [-0.2, -0.15) is 4.98 Å². The number of fused-ring (bicyclic) bond motifs is 3. The molecule has 0 fully saturated rings. The molecule has 1 aliphatic rings. The highest BCUT2D eigenvalue weighted by atomic mass is 16.2. The van der Waals surface area contributed by atoms with Gasteiger partial charge in [0.1, 0.15) is 0 Å². The van der Waals surface area contributed by atoms with Gasteiger partial charge < -0.3 is 9.47 Å². The lowest BCUT2D eigenvalue weighted by Gasteiger charge is -2.19. The van der Waals surface area contributed by atoms with Crippen LogP contribution in [0.15, 0.2) is 64.2 Å². The molecule has 7 nitrogen and oxygen atoms in total. The van der Waals surface area contributed by atoms with Crippen LogP contribution in [0.3, 0.4) is 0 Å². The first-order chi connectivity index (χ1) is 15.5. The van der Waals surface area contributed by atoms with Crippen molar-refractivity contribution in [2.75, 3.05) is 11.4 Å². The van der Waals surface area contributed by atoms with E-state index in [1.165, 1.54) is 14.7 Å². The van der Waals surface area contributed by atoms with Gasteiger partial charge in [-0.05, 0) is 36.6 Å². The summed E-state index contributed by atoms with van der Waals surface area (Å²) in [6.45, 7) is 5.72. The zero-order valence-electron chi connectivity index (χ0n) is 18.4. The molecule has 1 aliphatic heterocycles. The van der Waals surface area contributed by atoms with Crippen molar-refractivity contribution >= 4 is 28.9 Å². The molecule has 0 atom stereocenters. The van der Waals surface area contributed by atoms with E-state index in [1.807, 2.05) is 47.1 Å². The van der Waals surface area contributed by atoms with Gasteiger partial charge in [-0.1, -0.05) is 54.6 Å². The third kappa shape index (κ3) is 3.17. The van der Waals surface area contributed by atoms with Crippen LogP contribution in [0, 0.1) is 13.8 Å². The first-order valence-corrected chi connectivity index (χ1v) is 10.7. The second-order valence-electron chi connectivity index (χ2n) is 8.25. The summed E-state index contributed by atoms with van der Waals surface area (Å²) < 4.78 is 4.69. The predicted octanol–water partition coefficient (Wildman–Crippen LogP) is 3.38. The first-order valence-electron chi connectivity index (χ1n) is 10.7. The SMILES string of the molecule is Cc1ccc(C)c(N2CCn3c2nc2c3c(=O)n(C/C=C\c3ccccc3)c(=O)n2C)c1. The molecule has 32 heavy (non-hydrogen) atoms. The molecule has 7 heteroatoms. The molecule has 0 bridgehead atoms. The quantitative estimate of drug-likeness (QED) is 0.501. The summed E-state index contributed by atoms with van der Waals surface area (Å²) in [4.78, 5) is 33.2. The van der Waals surface area contributed by atoms with E-state index in [2.05, 4.69) is 36.9 Å². The number of hydrogen-bond donors (Lipinski definition) is 0. The van der Waals surface area contributed by atoms with E-state index in [0.717, 1.165) is 23.4 Å². The van der Waals surface area contributed by atoms with Gasteiger partial charge in [0.2, 0.25) is 5.95 Å². The Morgan fingerprint density at radius 3 is 2.59 bits per heavy atom. The molecular formula is C25H25N5O2. The molecule has 0 saturated heterocycles. The summed E-state index contributed by atoms with van der Waals surface area (Å²) in [7, 11) is 1.67. The number of nitrogens with zero attached hydrogens (tertiary/aromatic N) is 5. The molecular weight excluding hydrogens is 402 g/mol. The van der Waals surface area contributed by atoms with Crippen LogP contribution in [0.5, 0.6) is 0 Å². The van der Waals surface area contributed by atoms with Crippen molar-refractivity contribution in [3.05, 3.63) is 92.1 Å². The summed E-state index contributed by atoms with van der Waals surface area (Å²) in [6.07, 6.45) is 3.76. The Hall–Kier alpha value is -3.87. The fourth-order valence-corrected chi connectivity index (χ4v) is 4.34. The van der Waals surface area contributed by atoms with Gasteiger partial charge >= 0.3 is 5.69 Å². The largest absolute Gasteiger partial charge is 0.332 e. The topological polar surface area (TPSA) is 65.1 Å². The molecule has 0 radical (unpaired) electrons. The van der Waals surface area contributed by atoms with E-state index < -0.39 is 0 Å². The van der Waals surface area contributed by atoms with E-state index >= 15 is 0 Å². The van der Waals surface area contributed by atoms with Crippen molar-refractivity contribution < 1.29 is 0 Å². The number of anilines is 2. The third-order valence-corrected chi connectivity index (χ3v) is 6.05. The van der Waals surface area contributed by atoms with E-state index in [0.29, 0.717) is 23.7 Å². The fraction of sp³-hybridized carbons (Fsp3) is 0.240. The number of hydrogen-bond acceptors (Lipinski definition) is 4. The zero-order valence-corrected chi connectivity index (χ0v) is 18.4. The Kier molecular flexibility index (Phi) is 4.81. The molecule has 2 aromatic heterocycles. The molecule has 0 N–H and O–H groups in total. The van der Waals surface area contributed by atoms with Gasteiger partial charge in [-0.3, -0.25) is 13.9 Å². The van der Waals surface area contributed by atoms with Gasteiger partial charge in [0.25, 0.3) is 5.56 Å². The maximum Gasteiger partial charge on any atom is 0.332 e. The number of rotatable bonds is 4. The van der Waals surface area contributed by atoms with Crippen molar-refractivity contribution in [3.8, 4) is 0 Å². The summed E-state index contributed by atoms with van der Waals surface area (Å²) >= 11 is 0. The summed E-state index contributed by atoms with van der Waals surface area (Å²) in [6, 6.07) is 16.1. The van der Waals surface area contributed by atoms with Crippen molar-refractivity contribution in [1.82, 2.24) is 18.7 Å². The molecule has 5 rings (SSSR count). The minimum absolute atomic E-state index is 0.206. The lowest BCUT2D eigenvalue weighted by atomic mass is 10.1. The Labute approximate surface area is 185 Å². The van der Waals surface area contributed by atoms with Crippen molar-refractivity contribution in [3.63, 3.8) is 0 Å². The highest BCUT2D eigenvalue weighted by Crippen LogP contribution is 2.34. The Bertz CT molecular complexity index is 1470. The minimum atomic E-state index is -0.365. The smallest absolute Gasteiger partial charge is 0.310 e. The average Bonchev–Trinajstić information content (AvgIpc) is 3.36. The maximum absolute atomic E-state index is 13.4. The van der Waals surface area contributed by atoms with Gasteiger partial charge in [-0.25, -0.2) is 4.79 Å². The summed E-state index contributed by atoms with van der Waals surface area (Å²) in [5.74, 6) is 0.707. The van der Waals surface area contributed by atoms with Gasteiger partial charge in [0.05, 0.1) is 0 Å². The van der Waals surface area contributed by atoms with Crippen molar-refractivity contribution in [2.45, 2.75) is 26.9 Å². The highest BCUT2D eigenvalue weighted by molar-refractivity contribution is 5.78. The van der Waals surface area contributed by atoms with E-state index in [1.54, 1.807) is 7.05 Å². The van der Waals surface area contributed by atoms with Gasteiger partial charge in [-0.15, -0.1) is 0 Å². The van der Waals surface area contributed by atoms with Crippen LogP contribution in [0.2, 0.25) is 0 Å². The molecule has 162 valence electrons. The molecule has 4 aromatic rings. The minimum Gasteiger partial charge on any atom is -0.310 e. The lowest BCUT2D eigenvalue weighted by molar-refractivity contribution is 0.663. The lowest BCUT2D eigenvalue weighted by Crippen LogP contribution is -2.39. The number of aryl methyl sites for hydroxylation is 3. The van der Waals surface area contributed by atoms with Crippen molar-refractivity contribution in [2.24, 2.45) is 7.05 Å². The molecule has 0 unspecified atom stereocenters. The van der Waals surface area contributed by atoms with Crippen molar-refractivity contribution in [1.29, 1.82) is 0 Å². The average molecular weight is 428 g/mol. The maximum atomic E-state index is 13.4. The molecule has 3 heterocycles. The van der Waals surface area contributed by atoms with E-state index in [4.69, 9.17) is 4.98 Å². The van der Waals surface area contributed by atoms with Crippen LogP contribution in [0.4, 0.5) is 11.6 Å². The predicted molar refractivity (Wildman–Crippen MR) is 128 cm³/mol. The monoisotopic (exact) mass is 427 g/mol. The van der Waals surface area contributed by atoms with E-state index in [-0.39, 0.29) is 17.8 Å². The Morgan fingerprint density at radius 1 is 1.03 bits per heavy atom. The van der Waals surface area contributed by atoms with E-state index in [9.17, 15) is 9.59 Å². The van der Waals surface area contributed by atoms with Crippen LogP contribution in [-0.2, 0) is 20.1 Å². The van der Waals surface area contributed by atoms with Crippen LogP contribution < -0.4 is 16.1 Å². The van der Waals surface area contributed by atoms with Gasteiger partial charge in [0.15, 0.2) is 11.2 Å². The molecule has 2 aromatic carbocycles. The second kappa shape index (κ2) is 7.67. The molecule has 0 aliphatic carbocycles. The number of aromatic nitrogens is 4. The van der Waals surface area contributed by atoms with Crippen LogP contribution in [0.25, 0.3) is 17.2 Å². The summed E-state index contributed by atoms with van der Waals surface area (Å²) in [5, 5.41) is 0.